The molecule has 0 bridgehead atoms. The van der Waals surface area contributed by atoms with Crippen molar-refractivity contribution in [1.82, 2.24) is 0 Å². The maximum absolute atomic E-state index is 3.30. The average Bonchev–Trinajstić information content (AvgIpc) is 1.38. The van der Waals surface area contributed by atoms with Crippen LogP contribution in [0, 0.1) is 0 Å². The summed E-state index contributed by atoms with van der Waals surface area (Å²) in [5.41, 5.74) is 0. The molecule has 0 rings (SSSR count). The van der Waals surface area contributed by atoms with Crippen molar-refractivity contribution in [3.63, 3.8) is 0 Å². The van der Waals surface area contributed by atoms with Crippen LogP contribution in [0.4, 0.5) is 0 Å². The van der Waals surface area contributed by atoms with E-state index in [9.17, 15) is 0 Å². The third-order valence-electron chi connectivity index (χ3n) is 0.105. The van der Waals surface area contributed by atoms with Gasteiger partial charge in [-0.15, -0.1) is 0 Å². The molecule has 0 N–H and O–H groups in total. The van der Waals surface area contributed by atoms with Crippen LogP contribution in [0.15, 0.2) is 0 Å². The molecule has 0 saturated carbocycles. The maximum atomic E-state index is 3.30. The number of alkyl halides is 2. The first kappa shape index (κ1) is 6.70. The van der Waals surface area contributed by atoms with Crippen LogP contribution in [0.5, 0.6) is 0 Å². The van der Waals surface area contributed by atoms with Crippen molar-refractivity contribution in [3.8, 4) is 0 Å². The van der Waals surface area contributed by atoms with Gasteiger partial charge in [0.25, 0.3) is 0 Å². The van der Waals surface area contributed by atoms with Gasteiger partial charge in [-0.05, 0) is 0 Å². The molecule has 0 fully saturated rings. The van der Waals surface area contributed by atoms with E-state index in [2.05, 4.69) is 52.9 Å². The van der Waals surface area contributed by atoms with E-state index in [-0.39, 0.29) is 0 Å². The average molecular weight is 384 g/mol. The summed E-state index contributed by atoms with van der Waals surface area (Å²) in [6, 6.07) is 0. The van der Waals surface area contributed by atoms with Gasteiger partial charge in [0, 0.05) is 0 Å². The summed E-state index contributed by atoms with van der Waals surface area (Å²) in [6.07, 6.45) is 0. The van der Waals surface area contributed by atoms with Crippen molar-refractivity contribution < 1.29 is 21.1 Å². The summed E-state index contributed by atoms with van der Waals surface area (Å²) < 4.78 is 0.558. The Morgan fingerprint density at radius 1 is 1.80 bits per heavy atom. The van der Waals surface area contributed by atoms with Gasteiger partial charge in [-0.25, -0.2) is 0 Å². The molecule has 0 radical (unpaired) electrons. The first-order valence-electron chi connectivity index (χ1n) is 1.07. The van der Waals surface area contributed by atoms with E-state index in [4.69, 9.17) is 0 Å². The summed E-state index contributed by atoms with van der Waals surface area (Å²) in [4.78, 5) is 0. The minimum absolute atomic E-state index is 0.558. The molecule has 0 aromatic heterocycles. The fourth-order valence-corrected chi connectivity index (χ4v) is 0. The van der Waals surface area contributed by atoms with Gasteiger partial charge < -0.3 is 0 Å². The van der Waals surface area contributed by atoms with Crippen LogP contribution in [-0.2, 0) is 21.1 Å². The zero-order valence-corrected chi connectivity index (χ0v) is 7.68. The Morgan fingerprint density at radius 3 is 2.00 bits per heavy atom. The van der Waals surface area contributed by atoms with Crippen molar-refractivity contribution in [2.24, 2.45) is 0 Å². The van der Waals surface area contributed by atoms with Crippen LogP contribution in [0.3, 0.4) is 0 Å². The first-order valence-corrected chi connectivity index (χ1v) is 4.36. The Morgan fingerprint density at radius 2 is 2.00 bits per heavy atom. The topological polar surface area (TPSA) is 0 Å². The molecule has 5 heavy (non-hydrogen) atoms. The quantitative estimate of drug-likeness (QED) is 0.477. The summed E-state index contributed by atoms with van der Waals surface area (Å²) in [6.45, 7) is 0. The van der Waals surface area contributed by atoms with Crippen LogP contribution in [0.25, 0.3) is 0 Å². The summed E-state index contributed by atoms with van der Waals surface area (Å²) >= 11 is 8.99. The van der Waals surface area contributed by atoms with Crippen molar-refractivity contribution in [1.29, 1.82) is 0 Å². The van der Waals surface area contributed by atoms with Gasteiger partial charge in [-0.2, -0.15) is 0 Å². The fourth-order valence-electron chi connectivity index (χ4n) is 0. The molecule has 0 aliphatic heterocycles. The van der Waals surface area contributed by atoms with E-state index in [0.717, 1.165) is 5.33 Å². The molecule has 0 amide bonds. The molecule has 0 saturated heterocycles. The Balaban J connectivity index is 2.54. The molecule has 0 aliphatic rings. The molecule has 36 valence electrons. The molecule has 0 aromatic carbocycles. The Hall–Kier alpha value is 1.70. The molecule has 0 spiro atoms. The molecule has 1 atom stereocenters. The molecular weight excluding hydrogens is 381 g/mol. The van der Waals surface area contributed by atoms with Gasteiger partial charge in [-0.3, -0.25) is 0 Å². The second-order valence-electron chi connectivity index (χ2n) is 0.497. The van der Waals surface area contributed by atoms with E-state index in [0.29, 0.717) is 3.05 Å². The van der Waals surface area contributed by atoms with E-state index < -0.39 is 0 Å². The number of rotatable bonds is 1. The molecule has 0 aliphatic carbocycles. The minimum atomic E-state index is 0.558. The standard InChI is InChI=1S/C2H3Br2.Au/c3-1-2-4;/h1H,2H2;. The monoisotopic (exact) mass is 382 g/mol. The number of hydrogen-bond donors (Lipinski definition) is 0. The summed E-state index contributed by atoms with van der Waals surface area (Å²) in [5.74, 6) is 0. The van der Waals surface area contributed by atoms with Crippen LogP contribution in [-0.4, -0.2) is 8.38 Å². The van der Waals surface area contributed by atoms with Crippen LogP contribution >= 0.6 is 31.9 Å². The zero-order valence-electron chi connectivity index (χ0n) is 2.34. The van der Waals surface area contributed by atoms with Gasteiger partial charge in [0.2, 0.25) is 0 Å². The normalized spacial score (nSPS) is 15.2. The Bertz CT molecular complexity index is 21.6. The first-order chi connectivity index (χ1) is 2.27. The van der Waals surface area contributed by atoms with Gasteiger partial charge in [0.1, 0.15) is 0 Å². The van der Waals surface area contributed by atoms with E-state index in [1.54, 1.807) is 0 Å². The third kappa shape index (κ3) is 5.70. The van der Waals surface area contributed by atoms with Crippen molar-refractivity contribution >= 4 is 31.9 Å². The summed E-state index contributed by atoms with van der Waals surface area (Å²) in [5, 5.41) is 1.01. The second-order valence-corrected chi connectivity index (χ2v) is 5.41. The van der Waals surface area contributed by atoms with Gasteiger partial charge in [0.05, 0.1) is 0 Å². The van der Waals surface area contributed by atoms with E-state index >= 15 is 0 Å². The number of halogens is 2. The van der Waals surface area contributed by atoms with Crippen LogP contribution in [0.2, 0.25) is 0 Å². The van der Waals surface area contributed by atoms with E-state index in [1.165, 1.54) is 0 Å². The van der Waals surface area contributed by atoms with Gasteiger partial charge >= 0.3 is 61.3 Å². The molecular formula is C2H3AuBr2. The van der Waals surface area contributed by atoms with Crippen molar-refractivity contribution in [2.45, 2.75) is 3.05 Å². The fraction of sp³-hybridized carbons (Fsp3) is 1.00. The van der Waals surface area contributed by atoms with Crippen LogP contribution < -0.4 is 0 Å². The molecule has 0 nitrogen and oxygen atoms in total. The molecule has 0 aromatic rings. The summed E-state index contributed by atoms with van der Waals surface area (Å²) in [7, 11) is 0. The van der Waals surface area contributed by atoms with Crippen molar-refractivity contribution in [2.75, 3.05) is 5.33 Å². The second kappa shape index (κ2) is 3.88. The predicted molar refractivity (Wildman–Crippen MR) is 26.5 cm³/mol. The Labute approximate surface area is 60.9 Å². The van der Waals surface area contributed by atoms with Gasteiger partial charge in [0.15, 0.2) is 0 Å². The Kier molecular flexibility index (Phi) is 5.19. The van der Waals surface area contributed by atoms with Gasteiger partial charge in [-0.1, -0.05) is 0 Å². The zero-order chi connectivity index (χ0) is 4.28. The molecule has 1 unspecified atom stereocenters. The van der Waals surface area contributed by atoms with Crippen molar-refractivity contribution in [3.05, 3.63) is 0 Å². The SMILES string of the molecule is BrC[CH](Br)[Au]. The van der Waals surface area contributed by atoms with Crippen LogP contribution in [0.1, 0.15) is 0 Å². The third-order valence-corrected chi connectivity index (χ3v) is 3.55. The predicted octanol–water partition coefficient (Wildman–Crippen LogP) is 1.65. The molecule has 3 heteroatoms. The number of hydrogen-bond acceptors (Lipinski definition) is 0. The van der Waals surface area contributed by atoms with E-state index in [1.807, 2.05) is 0 Å². The molecule has 0 heterocycles.